The Labute approximate surface area is 119 Å². The molecule has 1 aromatic rings. The summed E-state index contributed by atoms with van der Waals surface area (Å²) in [5.41, 5.74) is -0.215. The summed E-state index contributed by atoms with van der Waals surface area (Å²) in [4.78, 5) is 32.3. The lowest BCUT2D eigenvalue weighted by Crippen LogP contribution is -2.29. The van der Waals surface area contributed by atoms with Gasteiger partial charge in [-0.3, -0.25) is 19.7 Å². The zero-order valence-corrected chi connectivity index (χ0v) is 11.4. The van der Waals surface area contributed by atoms with Gasteiger partial charge in [-0.05, 0) is 12.0 Å². The Morgan fingerprint density at radius 2 is 2.10 bits per heavy atom. The monoisotopic (exact) mass is 300 g/mol. The molecule has 0 radical (unpaired) electrons. The zero-order valence-electron chi connectivity index (χ0n) is 10.6. The second-order valence-electron chi connectivity index (χ2n) is 4.37. The number of halogens is 1. The Morgan fingerprint density at radius 3 is 2.65 bits per heavy atom. The molecule has 108 valence electrons. The van der Waals surface area contributed by atoms with Crippen molar-refractivity contribution in [1.29, 1.82) is 0 Å². The molecule has 0 aliphatic carbocycles. The van der Waals surface area contributed by atoms with E-state index in [0.29, 0.717) is 0 Å². The molecular formula is C12H13ClN2O5. The fraction of sp³-hybridized carbons (Fsp3) is 0.333. The first-order chi connectivity index (χ1) is 9.29. The third-order valence-corrected chi connectivity index (χ3v) is 2.71. The van der Waals surface area contributed by atoms with E-state index in [0.717, 1.165) is 12.1 Å². The number of carbonyl (C=O) groups excluding carboxylic acids is 1. The standard InChI is InChI=1S/C12H13ClN2O5/c1-7(2-11(16)17)6-14-12(18)8-3-9(13)5-10(4-8)15(19)20/h3-5,7H,2,6H2,1H3,(H,14,18)(H,16,17). The maximum absolute atomic E-state index is 11.8. The summed E-state index contributed by atoms with van der Waals surface area (Å²) < 4.78 is 0. The fourth-order valence-electron chi connectivity index (χ4n) is 1.55. The van der Waals surface area contributed by atoms with Crippen LogP contribution in [0.5, 0.6) is 0 Å². The molecule has 1 unspecified atom stereocenters. The van der Waals surface area contributed by atoms with Crippen molar-refractivity contribution in [1.82, 2.24) is 5.32 Å². The molecule has 1 atom stereocenters. The van der Waals surface area contributed by atoms with Crippen LogP contribution in [-0.2, 0) is 4.79 Å². The predicted molar refractivity (Wildman–Crippen MR) is 71.9 cm³/mol. The van der Waals surface area contributed by atoms with Gasteiger partial charge in [0.2, 0.25) is 0 Å². The van der Waals surface area contributed by atoms with Gasteiger partial charge in [0.1, 0.15) is 0 Å². The summed E-state index contributed by atoms with van der Waals surface area (Å²) in [5, 5.41) is 21.9. The number of amides is 1. The third-order valence-electron chi connectivity index (χ3n) is 2.49. The summed E-state index contributed by atoms with van der Waals surface area (Å²) in [5.74, 6) is -1.73. The quantitative estimate of drug-likeness (QED) is 0.617. The van der Waals surface area contributed by atoms with Crippen molar-refractivity contribution in [2.45, 2.75) is 13.3 Å². The second kappa shape index (κ2) is 6.85. The van der Waals surface area contributed by atoms with Crippen LogP contribution >= 0.6 is 11.6 Å². The van der Waals surface area contributed by atoms with Crippen LogP contribution in [0.2, 0.25) is 5.02 Å². The van der Waals surface area contributed by atoms with E-state index in [-0.39, 0.29) is 35.2 Å². The molecule has 7 nitrogen and oxygen atoms in total. The number of carboxylic acids is 1. The van der Waals surface area contributed by atoms with Crippen LogP contribution in [0.4, 0.5) is 5.69 Å². The molecule has 0 saturated carbocycles. The highest BCUT2D eigenvalue weighted by Gasteiger charge is 2.15. The maximum atomic E-state index is 11.8. The maximum Gasteiger partial charge on any atom is 0.303 e. The van der Waals surface area contributed by atoms with Crippen molar-refractivity contribution < 1.29 is 19.6 Å². The highest BCUT2D eigenvalue weighted by atomic mass is 35.5. The number of nitrogens with one attached hydrogen (secondary N) is 1. The average Bonchev–Trinajstić information content (AvgIpc) is 2.34. The minimum absolute atomic E-state index is 0.0618. The van der Waals surface area contributed by atoms with Crippen molar-refractivity contribution in [2.24, 2.45) is 5.92 Å². The Bertz CT molecular complexity index is 547. The number of nitro benzene ring substituents is 1. The number of nitro groups is 1. The lowest BCUT2D eigenvalue weighted by molar-refractivity contribution is -0.384. The van der Waals surface area contributed by atoms with Crippen LogP contribution in [0.25, 0.3) is 0 Å². The molecule has 0 spiro atoms. The second-order valence-corrected chi connectivity index (χ2v) is 4.80. The molecule has 0 aliphatic heterocycles. The Morgan fingerprint density at radius 1 is 1.45 bits per heavy atom. The summed E-state index contributed by atoms with van der Waals surface area (Å²) in [6.45, 7) is 1.83. The first-order valence-electron chi connectivity index (χ1n) is 5.74. The molecular weight excluding hydrogens is 288 g/mol. The fourth-order valence-corrected chi connectivity index (χ4v) is 1.78. The van der Waals surface area contributed by atoms with Crippen LogP contribution < -0.4 is 5.32 Å². The van der Waals surface area contributed by atoms with Crippen LogP contribution in [0.1, 0.15) is 23.7 Å². The largest absolute Gasteiger partial charge is 0.481 e. The number of carboxylic acid groups (broad SMARTS) is 1. The Balaban J connectivity index is 2.73. The normalized spacial score (nSPS) is 11.7. The molecule has 1 aromatic carbocycles. The summed E-state index contributed by atoms with van der Waals surface area (Å²) in [6.07, 6.45) is -0.0734. The number of non-ortho nitro benzene ring substituents is 1. The number of hydrogen-bond donors (Lipinski definition) is 2. The number of nitrogens with zero attached hydrogens (tertiary/aromatic N) is 1. The van der Waals surface area contributed by atoms with E-state index in [2.05, 4.69) is 5.32 Å². The molecule has 2 N–H and O–H groups in total. The van der Waals surface area contributed by atoms with Gasteiger partial charge in [0.25, 0.3) is 11.6 Å². The number of carbonyl (C=O) groups is 2. The van der Waals surface area contributed by atoms with Gasteiger partial charge in [0.05, 0.1) is 4.92 Å². The number of benzene rings is 1. The topological polar surface area (TPSA) is 110 Å². The zero-order chi connectivity index (χ0) is 15.3. The Kier molecular flexibility index (Phi) is 5.45. The van der Waals surface area contributed by atoms with Crippen LogP contribution in [0, 0.1) is 16.0 Å². The molecule has 1 amide bonds. The van der Waals surface area contributed by atoms with E-state index in [4.69, 9.17) is 16.7 Å². The van der Waals surface area contributed by atoms with E-state index in [1.807, 2.05) is 0 Å². The van der Waals surface area contributed by atoms with E-state index in [1.165, 1.54) is 6.07 Å². The van der Waals surface area contributed by atoms with Gasteiger partial charge in [0.15, 0.2) is 0 Å². The van der Waals surface area contributed by atoms with Crippen LogP contribution in [0.3, 0.4) is 0 Å². The van der Waals surface area contributed by atoms with Gasteiger partial charge in [-0.1, -0.05) is 18.5 Å². The van der Waals surface area contributed by atoms with E-state index in [9.17, 15) is 19.7 Å². The van der Waals surface area contributed by atoms with Crippen LogP contribution in [0.15, 0.2) is 18.2 Å². The minimum Gasteiger partial charge on any atom is -0.481 e. The highest BCUT2D eigenvalue weighted by molar-refractivity contribution is 6.31. The van der Waals surface area contributed by atoms with Crippen molar-refractivity contribution >= 4 is 29.2 Å². The smallest absolute Gasteiger partial charge is 0.303 e. The molecule has 0 bridgehead atoms. The van der Waals surface area contributed by atoms with Gasteiger partial charge >= 0.3 is 5.97 Å². The van der Waals surface area contributed by atoms with Crippen LogP contribution in [-0.4, -0.2) is 28.5 Å². The number of aliphatic carboxylic acids is 1. The summed E-state index contributed by atoms with van der Waals surface area (Å²) in [6, 6.07) is 3.57. The number of rotatable bonds is 6. The van der Waals surface area contributed by atoms with Crippen molar-refractivity contribution in [3.05, 3.63) is 38.9 Å². The summed E-state index contributed by atoms with van der Waals surface area (Å²) >= 11 is 5.71. The molecule has 0 fully saturated rings. The molecule has 0 aliphatic rings. The highest BCUT2D eigenvalue weighted by Crippen LogP contribution is 2.20. The summed E-state index contributed by atoms with van der Waals surface area (Å²) in [7, 11) is 0. The van der Waals surface area contributed by atoms with Gasteiger partial charge < -0.3 is 10.4 Å². The van der Waals surface area contributed by atoms with Gasteiger partial charge in [-0.25, -0.2) is 0 Å². The minimum atomic E-state index is -0.954. The lowest BCUT2D eigenvalue weighted by Gasteiger charge is -2.10. The van der Waals surface area contributed by atoms with E-state index >= 15 is 0 Å². The molecule has 0 heterocycles. The van der Waals surface area contributed by atoms with Gasteiger partial charge in [0, 0.05) is 35.7 Å². The SMILES string of the molecule is CC(CNC(=O)c1cc(Cl)cc([N+](=O)[O-])c1)CC(=O)O. The third kappa shape index (κ3) is 4.85. The van der Waals surface area contributed by atoms with Crippen molar-refractivity contribution in [3.63, 3.8) is 0 Å². The first-order valence-corrected chi connectivity index (χ1v) is 6.12. The molecule has 8 heteroatoms. The van der Waals surface area contributed by atoms with E-state index in [1.54, 1.807) is 6.92 Å². The molecule has 0 aromatic heterocycles. The van der Waals surface area contributed by atoms with Gasteiger partial charge in [-0.15, -0.1) is 0 Å². The first kappa shape index (κ1) is 15.9. The van der Waals surface area contributed by atoms with Crippen molar-refractivity contribution in [2.75, 3.05) is 6.54 Å². The number of hydrogen-bond acceptors (Lipinski definition) is 4. The molecule has 1 rings (SSSR count). The molecule has 0 saturated heterocycles. The predicted octanol–water partition coefficient (Wildman–Crippen LogP) is 2.09. The van der Waals surface area contributed by atoms with E-state index < -0.39 is 16.8 Å². The Hall–Kier alpha value is -2.15. The lowest BCUT2D eigenvalue weighted by atomic mass is 10.1. The van der Waals surface area contributed by atoms with Gasteiger partial charge in [-0.2, -0.15) is 0 Å². The molecule has 20 heavy (non-hydrogen) atoms. The average molecular weight is 301 g/mol. The van der Waals surface area contributed by atoms with Crippen molar-refractivity contribution in [3.8, 4) is 0 Å².